The molecule has 1 amide bonds. The van der Waals surface area contributed by atoms with Crippen molar-refractivity contribution in [3.8, 4) is 0 Å². The van der Waals surface area contributed by atoms with Gasteiger partial charge >= 0.3 is 0 Å². The van der Waals surface area contributed by atoms with Crippen molar-refractivity contribution in [3.05, 3.63) is 60.2 Å². The number of hydrogen-bond acceptors (Lipinski definition) is 6. The highest BCUT2D eigenvalue weighted by Crippen LogP contribution is 2.36. The molecule has 1 N–H and O–H groups in total. The Kier molecular flexibility index (Phi) is 5.13. The summed E-state index contributed by atoms with van der Waals surface area (Å²) in [4.78, 5) is 15.0. The van der Waals surface area contributed by atoms with Crippen LogP contribution in [0.1, 0.15) is 19.4 Å². The maximum atomic E-state index is 13.1. The predicted octanol–water partition coefficient (Wildman–Crippen LogP) is 4.74. The number of carbonyl (C=O) groups excluding carboxylic acids is 1. The third kappa shape index (κ3) is 3.84. The molecule has 3 aromatic rings. The van der Waals surface area contributed by atoms with Gasteiger partial charge in [0.05, 0.1) is 5.25 Å². The predicted molar refractivity (Wildman–Crippen MR) is 112 cm³/mol. The number of benzene rings is 2. The van der Waals surface area contributed by atoms with Gasteiger partial charge in [-0.2, -0.15) is 0 Å². The van der Waals surface area contributed by atoms with Gasteiger partial charge in [0.15, 0.2) is 4.34 Å². The maximum Gasteiger partial charge on any atom is 0.240 e. The van der Waals surface area contributed by atoms with Crippen LogP contribution in [-0.2, 0) is 11.2 Å². The summed E-state index contributed by atoms with van der Waals surface area (Å²) in [5.41, 5.74) is 3.24. The van der Waals surface area contributed by atoms with Crippen LogP contribution in [0.15, 0.2) is 58.9 Å². The highest BCUT2D eigenvalue weighted by atomic mass is 32.2. The Hall–Kier alpha value is -2.38. The first-order valence-corrected chi connectivity index (χ1v) is 10.5. The van der Waals surface area contributed by atoms with Crippen molar-refractivity contribution in [2.45, 2.75) is 35.9 Å². The zero-order valence-corrected chi connectivity index (χ0v) is 16.8. The normalized spacial score (nSPS) is 16.8. The Labute approximate surface area is 166 Å². The van der Waals surface area contributed by atoms with Crippen molar-refractivity contribution >= 4 is 45.5 Å². The van der Waals surface area contributed by atoms with E-state index in [4.69, 9.17) is 0 Å². The number of nitrogens with one attached hydrogen (secondary N) is 1. The molecule has 27 heavy (non-hydrogen) atoms. The van der Waals surface area contributed by atoms with E-state index in [1.807, 2.05) is 60.4 Å². The summed E-state index contributed by atoms with van der Waals surface area (Å²) in [6, 6.07) is 18.2. The van der Waals surface area contributed by atoms with Gasteiger partial charge in [-0.15, -0.1) is 10.2 Å². The fraction of sp³-hybridized carbons (Fsp3) is 0.250. The van der Waals surface area contributed by atoms with Crippen LogP contribution in [0.2, 0.25) is 0 Å². The standard InChI is InChI=1S/C20H20N4OS2/c1-13-12-15-8-6-7-11-17(15)24(13)18(25)14(2)26-20-23-22-19(27-20)21-16-9-4-3-5-10-16/h3-11,13-14H,12H2,1-2H3,(H,21,22). The van der Waals surface area contributed by atoms with Gasteiger partial charge in [-0.1, -0.05) is 59.5 Å². The molecule has 0 saturated heterocycles. The Bertz CT molecular complexity index is 944. The Balaban J connectivity index is 1.43. The van der Waals surface area contributed by atoms with E-state index < -0.39 is 0 Å². The number of anilines is 3. The molecule has 2 heterocycles. The number of para-hydroxylation sites is 2. The monoisotopic (exact) mass is 396 g/mol. The van der Waals surface area contributed by atoms with E-state index in [9.17, 15) is 4.79 Å². The van der Waals surface area contributed by atoms with E-state index in [2.05, 4.69) is 28.5 Å². The number of aromatic nitrogens is 2. The van der Waals surface area contributed by atoms with E-state index in [1.165, 1.54) is 28.7 Å². The zero-order chi connectivity index (χ0) is 18.8. The second-order valence-electron chi connectivity index (χ2n) is 6.51. The maximum absolute atomic E-state index is 13.1. The minimum Gasteiger partial charge on any atom is -0.330 e. The van der Waals surface area contributed by atoms with Crippen LogP contribution in [0, 0.1) is 0 Å². The van der Waals surface area contributed by atoms with Gasteiger partial charge in [0.1, 0.15) is 0 Å². The molecule has 2 unspecified atom stereocenters. The van der Waals surface area contributed by atoms with Crippen molar-refractivity contribution in [1.29, 1.82) is 0 Å². The molecule has 0 aliphatic carbocycles. The summed E-state index contributed by atoms with van der Waals surface area (Å²) in [7, 11) is 0. The highest BCUT2D eigenvalue weighted by molar-refractivity contribution is 8.02. The fourth-order valence-corrected chi connectivity index (χ4v) is 5.22. The van der Waals surface area contributed by atoms with Crippen LogP contribution in [0.5, 0.6) is 0 Å². The summed E-state index contributed by atoms with van der Waals surface area (Å²) in [6.07, 6.45) is 0.906. The van der Waals surface area contributed by atoms with Crippen LogP contribution < -0.4 is 10.2 Å². The van der Waals surface area contributed by atoms with Crippen LogP contribution in [0.3, 0.4) is 0 Å². The minimum absolute atomic E-state index is 0.116. The number of nitrogens with zero attached hydrogens (tertiary/aromatic N) is 3. The number of rotatable bonds is 5. The third-order valence-corrected chi connectivity index (χ3v) is 6.51. The summed E-state index contributed by atoms with van der Waals surface area (Å²) in [6.45, 7) is 4.04. The molecule has 138 valence electrons. The number of amides is 1. The molecular formula is C20H20N4OS2. The van der Waals surface area contributed by atoms with Gasteiger partial charge in [-0.3, -0.25) is 4.79 Å². The quantitative estimate of drug-likeness (QED) is 0.631. The molecule has 7 heteroatoms. The van der Waals surface area contributed by atoms with Crippen molar-refractivity contribution in [2.75, 3.05) is 10.2 Å². The summed E-state index contributed by atoms with van der Waals surface area (Å²) in [5.74, 6) is 0.116. The second-order valence-corrected chi connectivity index (χ2v) is 9.08. The van der Waals surface area contributed by atoms with Crippen LogP contribution in [-0.4, -0.2) is 27.4 Å². The molecule has 2 aromatic carbocycles. The first-order valence-electron chi connectivity index (χ1n) is 8.85. The lowest BCUT2D eigenvalue weighted by atomic mass is 10.1. The number of thioether (sulfide) groups is 1. The molecule has 0 spiro atoms. The molecule has 2 atom stereocenters. The van der Waals surface area contributed by atoms with Gasteiger partial charge in [0.2, 0.25) is 11.0 Å². The molecule has 0 bridgehead atoms. The lowest BCUT2D eigenvalue weighted by molar-refractivity contribution is -0.118. The molecule has 1 aromatic heterocycles. The van der Waals surface area contributed by atoms with Crippen molar-refractivity contribution in [3.63, 3.8) is 0 Å². The molecule has 1 aliphatic rings. The van der Waals surface area contributed by atoms with Crippen LogP contribution in [0.25, 0.3) is 0 Å². The Morgan fingerprint density at radius 3 is 2.74 bits per heavy atom. The summed E-state index contributed by atoms with van der Waals surface area (Å²) < 4.78 is 0.786. The van der Waals surface area contributed by atoms with Gasteiger partial charge in [-0.25, -0.2) is 0 Å². The van der Waals surface area contributed by atoms with Crippen LogP contribution >= 0.6 is 23.1 Å². The first-order chi connectivity index (χ1) is 13.1. The Morgan fingerprint density at radius 1 is 1.19 bits per heavy atom. The molecule has 0 fully saturated rings. The summed E-state index contributed by atoms with van der Waals surface area (Å²) in [5, 5.41) is 12.1. The third-order valence-electron chi connectivity index (χ3n) is 4.50. The first kappa shape index (κ1) is 18.0. The molecule has 0 radical (unpaired) electrons. The van der Waals surface area contributed by atoms with Crippen molar-refractivity contribution in [1.82, 2.24) is 10.2 Å². The number of hydrogen-bond donors (Lipinski definition) is 1. The zero-order valence-electron chi connectivity index (χ0n) is 15.1. The van der Waals surface area contributed by atoms with E-state index in [0.717, 1.165) is 27.3 Å². The number of fused-ring (bicyclic) bond motifs is 1. The van der Waals surface area contributed by atoms with E-state index in [-0.39, 0.29) is 17.2 Å². The lowest BCUT2D eigenvalue weighted by Crippen LogP contribution is -2.40. The molecule has 4 rings (SSSR count). The molecule has 5 nitrogen and oxygen atoms in total. The van der Waals surface area contributed by atoms with Crippen LogP contribution in [0.4, 0.5) is 16.5 Å². The Morgan fingerprint density at radius 2 is 1.93 bits per heavy atom. The van der Waals surface area contributed by atoms with Gasteiger partial charge in [-0.05, 0) is 44.0 Å². The van der Waals surface area contributed by atoms with E-state index >= 15 is 0 Å². The molecular weight excluding hydrogens is 376 g/mol. The average molecular weight is 397 g/mol. The van der Waals surface area contributed by atoms with Gasteiger partial charge in [0.25, 0.3) is 0 Å². The average Bonchev–Trinajstić information content (AvgIpc) is 3.24. The summed E-state index contributed by atoms with van der Waals surface area (Å²) >= 11 is 2.92. The largest absolute Gasteiger partial charge is 0.330 e. The van der Waals surface area contributed by atoms with E-state index in [0.29, 0.717) is 0 Å². The van der Waals surface area contributed by atoms with Gasteiger partial charge in [0, 0.05) is 17.4 Å². The smallest absolute Gasteiger partial charge is 0.240 e. The van der Waals surface area contributed by atoms with Crippen molar-refractivity contribution < 1.29 is 4.79 Å². The number of carbonyl (C=O) groups is 1. The lowest BCUT2D eigenvalue weighted by Gasteiger charge is -2.25. The van der Waals surface area contributed by atoms with E-state index in [1.54, 1.807) is 0 Å². The second kappa shape index (κ2) is 7.70. The van der Waals surface area contributed by atoms with Crippen molar-refractivity contribution in [2.24, 2.45) is 0 Å². The molecule has 1 aliphatic heterocycles. The SMILES string of the molecule is CC(Sc1nnc(Nc2ccccc2)s1)C(=O)N1c2ccccc2CC1C. The highest BCUT2D eigenvalue weighted by Gasteiger charge is 2.33. The minimum atomic E-state index is -0.226. The fourth-order valence-electron chi connectivity index (χ4n) is 3.25. The van der Waals surface area contributed by atoms with Gasteiger partial charge < -0.3 is 10.2 Å². The molecule has 0 saturated carbocycles. The topological polar surface area (TPSA) is 58.1 Å².